The fraction of sp³-hybridized carbons (Fsp3) is 0.333. The number of rotatable bonds is 3. The van der Waals surface area contributed by atoms with Gasteiger partial charge in [0.05, 0.1) is 0 Å². The molecule has 6 heteroatoms. The van der Waals surface area contributed by atoms with Crippen LogP contribution in [0.15, 0.2) is 41.3 Å². The Morgan fingerprint density at radius 2 is 2.14 bits per heavy atom. The highest BCUT2D eigenvalue weighted by Gasteiger charge is 2.22. The molecule has 1 aliphatic rings. The minimum Gasteiger partial charge on any atom is -0.356 e. The number of carbonyl (C=O) groups is 1. The summed E-state index contributed by atoms with van der Waals surface area (Å²) in [5, 5.41) is 0. The van der Waals surface area contributed by atoms with Gasteiger partial charge in [-0.3, -0.25) is 14.7 Å². The van der Waals surface area contributed by atoms with Gasteiger partial charge in [0.25, 0.3) is 5.91 Å². The highest BCUT2D eigenvalue weighted by Crippen LogP contribution is 2.14. The van der Waals surface area contributed by atoms with Crippen LogP contribution in [-0.4, -0.2) is 51.9 Å². The molecule has 1 N–H and O–H groups in total. The Kier molecular flexibility index (Phi) is 4.36. The van der Waals surface area contributed by atoms with Gasteiger partial charge in [-0.25, -0.2) is 0 Å². The third-order valence-corrected chi connectivity index (χ3v) is 4.12. The third-order valence-electron chi connectivity index (χ3n) is 3.67. The predicted octanol–water partition coefficient (Wildman–Crippen LogP) is 2.13. The maximum Gasteiger partial charge on any atom is 0.270 e. The van der Waals surface area contributed by atoms with Gasteiger partial charge in [0.1, 0.15) is 5.69 Å². The SMILES string of the molecule is O=C(c1cc(Br)c[nH]1)N1CCN(Cc2cccnc2)CC1. The van der Waals surface area contributed by atoms with Gasteiger partial charge in [-0.05, 0) is 33.6 Å². The van der Waals surface area contributed by atoms with E-state index >= 15 is 0 Å². The maximum absolute atomic E-state index is 12.3. The molecule has 21 heavy (non-hydrogen) atoms. The first kappa shape index (κ1) is 14.3. The summed E-state index contributed by atoms with van der Waals surface area (Å²) in [6.45, 7) is 4.19. The predicted molar refractivity (Wildman–Crippen MR) is 83.9 cm³/mol. The molecule has 0 atom stereocenters. The molecule has 3 rings (SSSR count). The zero-order valence-electron chi connectivity index (χ0n) is 11.6. The number of halogens is 1. The molecule has 0 unspecified atom stereocenters. The van der Waals surface area contributed by atoms with E-state index in [-0.39, 0.29) is 5.91 Å². The molecule has 2 aromatic rings. The lowest BCUT2D eigenvalue weighted by atomic mass is 10.2. The molecule has 0 aliphatic carbocycles. The van der Waals surface area contributed by atoms with Crippen LogP contribution < -0.4 is 0 Å². The lowest BCUT2D eigenvalue weighted by Crippen LogP contribution is -2.48. The molecular formula is C15H17BrN4O. The topological polar surface area (TPSA) is 52.2 Å². The molecule has 1 saturated heterocycles. The van der Waals surface area contributed by atoms with Crippen LogP contribution in [0.2, 0.25) is 0 Å². The van der Waals surface area contributed by atoms with E-state index in [1.807, 2.05) is 23.2 Å². The van der Waals surface area contributed by atoms with Crippen molar-refractivity contribution in [1.29, 1.82) is 0 Å². The van der Waals surface area contributed by atoms with Gasteiger partial charge < -0.3 is 9.88 Å². The first-order chi connectivity index (χ1) is 10.2. The zero-order chi connectivity index (χ0) is 14.7. The molecule has 110 valence electrons. The number of H-pyrrole nitrogens is 1. The molecule has 0 aromatic carbocycles. The standard InChI is InChI=1S/C15H17BrN4O/c16-13-8-14(18-10-13)15(21)20-6-4-19(5-7-20)11-12-2-1-3-17-9-12/h1-3,8-10,18H,4-7,11H2. The van der Waals surface area contributed by atoms with Gasteiger partial charge in [-0.2, -0.15) is 0 Å². The number of piperazine rings is 1. The Balaban J connectivity index is 1.54. The lowest BCUT2D eigenvalue weighted by Gasteiger charge is -2.34. The third kappa shape index (κ3) is 3.51. The summed E-state index contributed by atoms with van der Waals surface area (Å²) in [5.74, 6) is 0.0710. The summed E-state index contributed by atoms with van der Waals surface area (Å²) in [7, 11) is 0. The molecule has 2 aromatic heterocycles. The number of amides is 1. The minimum absolute atomic E-state index is 0.0710. The number of hydrogen-bond donors (Lipinski definition) is 1. The number of hydrogen-bond acceptors (Lipinski definition) is 3. The first-order valence-electron chi connectivity index (χ1n) is 6.97. The Labute approximate surface area is 132 Å². The Hall–Kier alpha value is -1.66. The largest absolute Gasteiger partial charge is 0.356 e. The second-order valence-corrected chi connectivity index (χ2v) is 6.08. The van der Waals surface area contributed by atoms with Crippen molar-refractivity contribution in [2.75, 3.05) is 26.2 Å². The Morgan fingerprint density at radius 1 is 1.33 bits per heavy atom. The summed E-state index contributed by atoms with van der Waals surface area (Å²) in [6, 6.07) is 5.86. The molecule has 0 spiro atoms. The van der Waals surface area contributed by atoms with Crippen LogP contribution in [0.1, 0.15) is 16.1 Å². The fourth-order valence-corrected chi connectivity index (χ4v) is 2.86. The average Bonchev–Trinajstić information content (AvgIpc) is 2.95. The van der Waals surface area contributed by atoms with Gasteiger partial charge in [0, 0.05) is 55.8 Å². The fourth-order valence-electron chi connectivity index (χ4n) is 2.52. The van der Waals surface area contributed by atoms with E-state index in [9.17, 15) is 4.79 Å². The number of nitrogens with zero attached hydrogens (tertiary/aromatic N) is 3. The summed E-state index contributed by atoms with van der Waals surface area (Å²) in [5.41, 5.74) is 1.85. The van der Waals surface area contributed by atoms with Gasteiger partial charge in [-0.1, -0.05) is 6.07 Å². The number of nitrogens with one attached hydrogen (secondary N) is 1. The van der Waals surface area contributed by atoms with Crippen molar-refractivity contribution in [1.82, 2.24) is 19.8 Å². The van der Waals surface area contributed by atoms with Crippen molar-refractivity contribution in [2.24, 2.45) is 0 Å². The van der Waals surface area contributed by atoms with Crippen LogP contribution in [-0.2, 0) is 6.54 Å². The van der Waals surface area contributed by atoms with Gasteiger partial charge in [0.15, 0.2) is 0 Å². The molecule has 1 fully saturated rings. The molecule has 1 aliphatic heterocycles. The molecule has 0 bridgehead atoms. The van der Waals surface area contributed by atoms with Crippen LogP contribution in [0, 0.1) is 0 Å². The molecular weight excluding hydrogens is 332 g/mol. The monoisotopic (exact) mass is 348 g/mol. The smallest absolute Gasteiger partial charge is 0.270 e. The molecule has 3 heterocycles. The van der Waals surface area contributed by atoms with Gasteiger partial charge >= 0.3 is 0 Å². The quantitative estimate of drug-likeness (QED) is 0.924. The van der Waals surface area contributed by atoms with E-state index < -0.39 is 0 Å². The molecule has 0 radical (unpaired) electrons. The van der Waals surface area contributed by atoms with Gasteiger partial charge in [-0.15, -0.1) is 0 Å². The number of pyridine rings is 1. The highest BCUT2D eigenvalue weighted by molar-refractivity contribution is 9.10. The van der Waals surface area contributed by atoms with Crippen LogP contribution in [0.5, 0.6) is 0 Å². The van der Waals surface area contributed by atoms with E-state index in [4.69, 9.17) is 0 Å². The van der Waals surface area contributed by atoms with Crippen molar-refractivity contribution >= 4 is 21.8 Å². The van der Waals surface area contributed by atoms with Crippen molar-refractivity contribution in [3.05, 3.63) is 52.5 Å². The summed E-state index contributed by atoms with van der Waals surface area (Å²) in [4.78, 5) is 23.7. The van der Waals surface area contributed by atoms with Crippen LogP contribution in [0.4, 0.5) is 0 Å². The lowest BCUT2D eigenvalue weighted by molar-refractivity contribution is 0.0623. The summed E-state index contributed by atoms with van der Waals surface area (Å²) >= 11 is 3.35. The molecule has 0 saturated carbocycles. The van der Waals surface area contributed by atoms with E-state index in [0.717, 1.165) is 37.2 Å². The summed E-state index contributed by atoms with van der Waals surface area (Å²) < 4.78 is 0.904. The summed E-state index contributed by atoms with van der Waals surface area (Å²) in [6.07, 6.45) is 5.47. The number of aromatic nitrogens is 2. The zero-order valence-corrected chi connectivity index (χ0v) is 13.2. The molecule has 5 nitrogen and oxygen atoms in total. The number of carbonyl (C=O) groups excluding carboxylic acids is 1. The maximum atomic E-state index is 12.3. The van der Waals surface area contributed by atoms with Crippen LogP contribution >= 0.6 is 15.9 Å². The minimum atomic E-state index is 0.0710. The Bertz CT molecular complexity index is 605. The van der Waals surface area contributed by atoms with Crippen LogP contribution in [0.3, 0.4) is 0 Å². The highest BCUT2D eigenvalue weighted by atomic mass is 79.9. The van der Waals surface area contributed by atoms with E-state index in [0.29, 0.717) is 5.69 Å². The second kappa shape index (κ2) is 6.41. The number of aromatic amines is 1. The van der Waals surface area contributed by atoms with Gasteiger partial charge in [0.2, 0.25) is 0 Å². The van der Waals surface area contributed by atoms with Crippen molar-refractivity contribution < 1.29 is 4.79 Å². The van der Waals surface area contributed by atoms with Crippen LogP contribution in [0.25, 0.3) is 0 Å². The normalized spacial score (nSPS) is 16.1. The van der Waals surface area contributed by atoms with E-state index in [1.54, 1.807) is 12.4 Å². The Morgan fingerprint density at radius 3 is 2.76 bits per heavy atom. The average molecular weight is 349 g/mol. The van der Waals surface area contributed by atoms with E-state index in [2.05, 4.69) is 36.9 Å². The van der Waals surface area contributed by atoms with Crippen molar-refractivity contribution in [3.8, 4) is 0 Å². The second-order valence-electron chi connectivity index (χ2n) is 5.16. The first-order valence-corrected chi connectivity index (χ1v) is 7.76. The van der Waals surface area contributed by atoms with Crippen molar-refractivity contribution in [3.63, 3.8) is 0 Å². The van der Waals surface area contributed by atoms with E-state index in [1.165, 1.54) is 5.56 Å². The van der Waals surface area contributed by atoms with Crippen molar-refractivity contribution in [2.45, 2.75) is 6.54 Å². The molecule has 1 amide bonds.